The molecule has 0 saturated heterocycles. The molecule has 8 heteroatoms. The monoisotopic (exact) mass is 399 g/mol. The highest BCUT2D eigenvalue weighted by Crippen LogP contribution is 2.20. The minimum absolute atomic E-state index is 0.157. The van der Waals surface area contributed by atoms with Gasteiger partial charge in [0.2, 0.25) is 17.6 Å². The van der Waals surface area contributed by atoms with Gasteiger partial charge in [0, 0.05) is 29.1 Å². The fraction of sp³-hybridized carbons (Fsp3) is 0.200. The summed E-state index contributed by atoms with van der Waals surface area (Å²) in [5.41, 5.74) is 2.54. The number of nitrogens with one attached hydrogen (secondary N) is 1. The lowest BCUT2D eigenvalue weighted by Gasteiger charge is -2.09. The Morgan fingerprint density at radius 1 is 1.18 bits per heavy atom. The molecule has 0 unspecified atom stereocenters. The first-order valence-corrected chi connectivity index (χ1v) is 8.91. The quantitative estimate of drug-likeness (QED) is 0.628. The van der Waals surface area contributed by atoms with Crippen molar-refractivity contribution in [3.63, 3.8) is 0 Å². The second kappa shape index (κ2) is 8.67. The summed E-state index contributed by atoms with van der Waals surface area (Å²) in [7, 11) is 1.31. The van der Waals surface area contributed by atoms with E-state index in [9.17, 15) is 9.59 Å². The molecule has 0 atom stereocenters. The first-order valence-electron chi connectivity index (χ1n) is 8.53. The van der Waals surface area contributed by atoms with E-state index in [1.165, 1.54) is 7.11 Å². The van der Waals surface area contributed by atoms with Gasteiger partial charge in [0.15, 0.2) is 0 Å². The standard InChI is InChI=1S/C20H18ClN3O4/c1-12-3-4-14(20(26)27-2)11-16(12)22-17(25)9-10-18-23-19(24-28-18)13-5-7-15(21)8-6-13/h3-8,11H,9-10H2,1-2H3,(H,22,25). The number of hydrogen-bond acceptors (Lipinski definition) is 6. The van der Waals surface area contributed by atoms with Crippen LogP contribution in [-0.2, 0) is 16.0 Å². The molecular weight excluding hydrogens is 382 g/mol. The topological polar surface area (TPSA) is 94.3 Å². The molecule has 0 spiro atoms. The number of carbonyl (C=O) groups excluding carboxylic acids is 2. The van der Waals surface area contributed by atoms with Crippen molar-refractivity contribution in [1.29, 1.82) is 0 Å². The molecule has 1 amide bonds. The molecule has 0 aliphatic carbocycles. The third-order valence-electron chi connectivity index (χ3n) is 4.07. The van der Waals surface area contributed by atoms with Gasteiger partial charge in [-0.1, -0.05) is 22.8 Å². The largest absolute Gasteiger partial charge is 0.465 e. The minimum atomic E-state index is -0.462. The summed E-state index contributed by atoms with van der Waals surface area (Å²) >= 11 is 5.87. The number of anilines is 1. The van der Waals surface area contributed by atoms with Crippen molar-refractivity contribution in [2.75, 3.05) is 12.4 Å². The number of amides is 1. The minimum Gasteiger partial charge on any atom is -0.465 e. The molecule has 144 valence electrons. The van der Waals surface area contributed by atoms with Gasteiger partial charge in [0.05, 0.1) is 12.7 Å². The molecule has 1 N–H and O–H groups in total. The van der Waals surface area contributed by atoms with Crippen LogP contribution in [0.25, 0.3) is 11.4 Å². The number of halogens is 1. The summed E-state index contributed by atoms with van der Waals surface area (Å²) < 4.78 is 9.90. The Bertz CT molecular complexity index is 999. The van der Waals surface area contributed by atoms with Crippen LogP contribution < -0.4 is 5.32 Å². The van der Waals surface area contributed by atoms with E-state index in [4.69, 9.17) is 20.9 Å². The summed E-state index contributed by atoms with van der Waals surface area (Å²) in [6, 6.07) is 12.0. The molecule has 28 heavy (non-hydrogen) atoms. The predicted molar refractivity (Wildman–Crippen MR) is 104 cm³/mol. The summed E-state index contributed by atoms with van der Waals surface area (Å²) in [5, 5.41) is 7.33. The third-order valence-corrected chi connectivity index (χ3v) is 4.32. The second-order valence-electron chi connectivity index (χ2n) is 6.09. The molecule has 1 aromatic heterocycles. The van der Waals surface area contributed by atoms with Gasteiger partial charge in [-0.2, -0.15) is 4.98 Å². The average Bonchev–Trinajstić information content (AvgIpc) is 3.17. The number of nitrogens with zero attached hydrogens (tertiary/aromatic N) is 2. The number of ether oxygens (including phenoxy) is 1. The lowest BCUT2D eigenvalue weighted by molar-refractivity contribution is -0.116. The van der Waals surface area contributed by atoms with Crippen LogP contribution in [0.15, 0.2) is 47.0 Å². The second-order valence-corrected chi connectivity index (χ2v) is 6.52. The number of rotatable bonds is 6. The van der Waals surface area contributed by atoms with Crippen LogP contribution in [0.3, 0.4) is 0 Å². The highest BCUT2D eigenvalue weighted by molar-refractivity contribution is 6.30. The molecular formula is C20H18ClN3O4. The molecule has 7 nitrogen and oxygen atoms in total. The normalized spacial score (nSPS) is 10.5. The number of benzene rings is 2. The molecule has 3 aromatic rings. The summed E-state index contributed by atoms with van der Waals surface area (Å²) in [4.78, 5) is 28.2. The summed E-state index contributed by atoms with van der Waals surface area (Å²) in [6.07, 6.45) is 0.451. The maximum absolute atomic E-state index is 12.3. The number of carbonyl (C=O) groups is 2. The van der Waals surface area contributed by atoms with Crippen LogP contribution >= 0.6 is 11.6 Å². The van der Waals surface area contributed by atoms with Crippen molar-refractivity contribution in [2.45, 2.75) is 19.8 Å². The number of esters is 1. The summed E-state index contributed by atoms with van der Waals surface area (Å²) in [6.45, 7) is 1.84. The van der Waals surface area contributed by atoms with Crippen molar-refractivity contribution < 1.29 is 18.8 Å². The van der Waals surface area contributed by atoms with E-state index in [2.05, 4.69) is 15.5 Å². The Hall–Kier alpha value is -3.19. The van der Waals surface area contributed by atoms with E-state index in [-0.39, 0.29) is 12.3 Å². The summed E-state index contributed by atoms with van der Waals surface area (Å²) in [5.74, 6) is 0.112. The van der Waals surface area contributed by atoms with Gasteiger partial charge in [-0.15, -0.1) is 0 Å². The number of methoxy groups -OCH3 is 1. The van der Waals surface area contributed by atoms with Crippen molar-refractivity contribution in [2.24, 2.45) is 0 Å². The van der Waals surface area contributed by atoms with Crippen LogP contribution in [-0.4, -0.2) is 29.1 Å². The number of hydrogen-bond donors (Lipinski definition) is 1. The van der Waals surface area contributed by atoms with Gasteiger partial charge >= 0.3 is 5.97 Å². The molecule has 0 aliphatic heterocycles. The predicted octanol–water partition coefficient (Wildman–Crippen LogP) is 4.06. The van der Waals surface area contributed by atoms with Gasteiger partial charge in [-0.25, -0.2) is 4.79 Å². The van der Waals surface area contributed by atoms with E-state index in [1.807, 2.05) is 6.92 Å². The lowest BCUT2D eigenvalue weighted by atomic mass is 10.1. The zero-order chi connectivity index (χ0) is 20.1. The fourth-order valence-corrected chi connectivity index (χ4v) is 2.63. The van der Waals surface area contributed by atoms with E-state index < -0.39 is 5.97 Å². The molecule has 0 radical (unpaired) electrons. The third kappa shape index (κ3) is 4.75. The Labute approximate surface area is 166 Å². The molecule has 1 heterocycles. The maximum atomic E-state index is 12.3. The Balaban J connectivity index is 1.61. The number of aryl methyl sites for hydroxylation is 2. The van der Waals surface area contributed by atoms with Crippen molar-refractivity contribution in [3.05, 3.63) is 64.5 Å². The van der Waals surface area contributed by atoms with E-state index in [1.54, 1.807) is 42.5 Å². The van der Waals surface area contributed by atoms with Crippen LogP contribution in [0, 0.1) is 6.92 Å². The van der Waals surface area contributed by atoms with Crippen molar-refractivity contribution in [3.8, 4) is 11.4 Å². The first kappa shape index (κ1) is 19.6. The zero-order valence-corrected chi connectivity index (χ0v) is 16.1. The zero-order valence-electron chi connectivity index (χ0n) is 15.4. The van der Waals surface area contributed by atoms with Crippen LogP contribution in [0.2, 0.25) is 5.02 Å². The van der Waals surface area contributed by atoms with Gasteiger partial charge in [-0.05, 0) is 48.9 Å². The first-order chi connectivity index (χ1) is 13.5. The average molecular weight is 400 g/mol. The van der Waals surface area contributed by atoms with Crippen molar-refractivity contribution in [1.82, 2.24) is 10.1 Å². The highest BCUT2D eigenvalue weighted by Gasteiger charge is 2.13. The van der Waals surface area contributed by atoms with Crippen molar-refractivity contribution >= 4 is 29.2 Å². The van der Waals surface area contributed by atoms with E-state index in [0.29, 0.717) is 34.4 Å². The molecule has 0 fully saturated rings. The maximum Gasteiger partial charge on any atom is 0.337 e. The van der Waals surface area contributed by atoms with Gasteiger partial charge in [0.1, 0.15) is 0 Å². The van der Waals surface area contributed by atoms with Crippen LogP contribution in [0.5, 0.6) is 0 Å². The lowest BCUT2D eigenvalue weighted by Crippen LogP contribution is -2.14. The van der Waals surface area contributed by atoms with Gasteiger partial charge < -0.3 is 14.6 Å². The fourth-order valence-electron chi connectivity index (χ4n) is 2.51. The Morgan fingerprint density at radius 3 is 2.64 bits per heavy atom. The Morgan fingerprint density at radius 2 is 1.93 bits per heavy atom. The van der Waals surface area contributed by atoms with Crippen LogP contribution in [0.1, 0.15) is 28.2 Å². The molecule has 0 bridgehead atoms. The smallest absolute Gasteiger partial charge is 0.337 e. The van der Waals surface area contributed by atoms with Gasteiger partial charge in [-0.3, -0.25) is 4.79 Å². The Kier molecular flexibility index (Phi) is 6.06. The van der Waals surface area contributed by atoms with Crippen LogP contribution in [0.4, 0.5) is 5.69 Å². The molecule has 0 aliphatic rings. The molecule has 0 saturated carbocycles. The highest BCUT2D eigenvalue weighted by atomic mass is 35.5. The molecule has 2 aromatic carbocycles. The van der Waals surface area contributed by atoms with Gasteiger partial charge in [0.25, 0.3) is 0 Å². The SMILES string of the molecule is COC(=O)c1ccc(C)c(NC(=O)CCc2nc(-c3ccc(Cl)cc3)no2)c1. The van der Waals surface area contributed by atoms with E-state index >= 15 is 0 Å². The number of aromatic nitrogens is 2. The molecule has 3 rings (SSSR count). The van der Waals surface area contributed by atoms with E-state index in [0.717, 1.165) is 11.1 Å².